The lowest BCUT2D eigenvalue weighted by Gasteiger charge is -2.05. The molecule has 0 spiro atoms. The summed E-state index contributed by atoms with van der Waals surface area (Å²) in [4.78, 5) is 3.01. The minimum absolute atomic E-state index is 0.355. The maximum Gasteiger partial charge on any atom is 0.167 e. The highest BCUT2D eigenvalue weighted by Gasteiger charge is 2.14. The molecule has 16 heavy (non-hydrogen) atoms. The highest BCUT2D eigenvalue weighted by Crippen LogP contribution is 2.35. The van der Waals surface area contributed by atoms with Crippen molar-refractivity contribution >= 4 is 37.4 Å². The van der Waals surface area contributed by atoms with Crippen molar-refractivity contribution in [2.45, 2.75) is 6.54 Å². The quantitative estimate of drug-likeness (QED) is 0.758. The zero-order valence-electron chi connectivity index (χ0n) is 8.85. The summed E-state index contributed by atoms with van der Waals surface area (Å²) in [6, 6.07) is 2.89. The largest absolute Gasteiger partial charge is 0.304 e. The van der Waals surface area contributed by atoms with E-state index in [1.807, 2.05) is 19.0 Å². The molecule has 2 aromatic rings. The number of nitrogens with zero attached hydrogens (tertiary/aromatic N) is 1. The first-order valence-electron chi connectivity index (χ1n) is 4.69. The van der Waals surface area contributed by atoms with Crippen molar-refractivity contribution in [1.29, 1.82) is 0 Å². The summed E-state index contributed by atoms with van der Waals surface area (Å²) in [5.41, 5.74) is 0. The second kappa shape index (κ2) is 4.39. The van der Waals surface area contributed by atoms with Crippen molar-refractivity contribution in [2.75, 3.05) is 14.1 Å². The first kappa shape index (κ1) is 12.0. The minimum atomic E-state index is -0.812. The van der Waals surface area contributed by atoms with Gasteiger partial charge in [0.2, 0.25) is 0 Å². The van der Waals surface area contributed by atoms with Crippen LogP contribution in [0.5, 0.6) is 0 Å². The topological polar surface area (TPSA) is 3.24 Å². The number of fused-ring (bicyclic) bond motifs is 1. The van der Waals surface area contributed by atoms with E-state index in [9.17, 15) is 8.78 Å². The summed E-state index contributed by atoms with van der Waals surface area (Å²) in [7, 11) is 3.88. The van der Waals surface area contributed by atoms with Gasteiger partial charge in [-0.25, -0.2) is 8.78 Å². The normalized spacial score (nSPS) is 11.6. The van der Waals surface area contributed by atoms with Crippen LogP contribution in [-0.2, 0) is 6.54 Å². The van der Waals surface area contributed by atoms with Gasteiger partial charge in [0, 0.05) is 21.3 Å². The molecule has 0 amide bonds. The lowest BCUT2D eigenvalue weighted by Crippen LogP contribution is -2.09. The molecule has 0 saturated carbocycles. The molecular formula is C11H10BrF2NS. The Balaban J connectivity index is 2.60. The first-order chi connectivity index (χ1) is 7.49. The highest BCUT2D eigenvalue weighted by atomic mass is 79.9. The van der Waals surface area contributed by atoms with E-state index in [-0.39, 0.29) is 0 Å². The van der Waals surface area contributed by atoms with Crippen LogP contribution in [-0.4, -0.2) is 19.0 Å². The second-order valence-electron chi connectivity index (χ2n) is 3.85. The van der Waals surface area contributed by atoms with Crippen molar-refractivity contribution < 1.29 is 8.78 Å². The second-order valence-corrected chi connectivity index (χ2v) is 5.84. The molecule has 0 aliphatic carbocycles. The number of hydrogen-bond donors (Lipinski definition) is 0. The van der Waals surface area contributed by atoms with Gasteiger partial charge >= 0.3 is 0 Å². The van der Waals surface area contributed by atoms with Gasteiger partial charge < -0.3 is 4.90 Å². The third-order valence-electron chi connectivity index (χ3n) is 2.17. The summed E-state index contributed by atoms with van der Waals surface area (Å²) < 4.78 is 28.1. The summed E-state index contributed by atoms with van der Waals surface area (Å²) >= 11 is 4.73. The number of hydrogen-bond acceptors (Lipinski definition) is 2. The zero-order chi connectivity index (χ0) is 11.9. The van der Waals surface area contributed by atoms with E-state index < -0.39 is 11.6 Å². The zero-order valence-corrected chi connectivity index (χ0v) is 11.3. The lowest BCUT2D eigenvalue weighted by atomic mass is 10.2. The van der Waals surface area contributed by atoms with Gasteiger partial charge in [-0.3, -0.25) is 0 Å². The van der Waals surface area contributed by atoms with Gasteiger partial charge in [0.15, 0.2) is 11.6 Å². The Morgan fingerprint density at radius 1 is 1.31 bits per heavy atom. The van der Waals surface area contributed by atoms with Gasteiger partial charge in [-0.2, -0.15) is 0 Å². The maximum absolute atomic E-state index is 13.5. The van der Waals surface area contributed by atoms with Crippen molar-refractivity contribution in [2.24, 2.45) is 0 Å². The molecule has 0 bridgehead atoms. The average Bonchev–Trinajstić information content (AvgIpc) is 2.58. The highest BCUT2D eigenvalue weighted by molar-refractivity contribution is 9.10. The summed E-state index contributed by atoms with van der Waals surface area (Å²) in [6.07, 6.45) is 0. The molecule has 1 aromatic heterocycles. The Morgan fingerprint density at radius 3 is 2.62 bits per heavy atom. The van der Waals surface area contributed by atoms with Crippen LogP contribution in [0.25, 0.3) is 10.1 Å². The van der Waals surface area contributed by atoms with Gasteiger partial charge in [-0.15, -0.1) is 11.3 Å². The molecule has 86 valence electrons. The predicted octanol–water partition coefficient (Wildman–Crippen LogP) is 4.00. The molecule has 1 heterocycles. The number of thiophene rings is 1. The van der Waals surface area contributed by atoms with Crippen LogP contribution in [0, 0.1) is 11.6 Å². The van der Waals surface area contributed by atoms with Crippen LogP contribution in [0.1, 0.15) is 4.88 Å². The fourth-order valence-corrected chi connectivity index (χ4v) is 3.37. The van der Waals surface area contributed by atoms with E-state index in [2.05, 4.69) is 15.9 Å². The molecular weight excluding hydrogens is 296 g/mol. The van der Waals surface area contributed by atoms with E-state index in [0.29, 0.717) is 9.86 Å². The number of rotatable bonds is 2. The standard InChI is InChI=1S/C11H10BrF2NS/c1-15(2)5-6-3-7-10(14)9(13)4-8(12)11(7)16-6/h3-4H,5H2,1-2H3. The summed E-state index contributed by atoms with van der Waals surface area (Å²) in [6.45, 7) is 0.729. The fourth-order valence-electron chi connectivity index (χ4n) is 1.54. The Bertz CT molecular complexity index is 536. The van der Waals surface area contributed by atoms with Crippen molar-refractivity contribution in [3.8, 4) is 0 Å². The molecule has 1 aromatic carbocycles. The predicted molar refractivity (Wildman–Crippen MR) is 66.8 cm³/mol. The molecule has 0 unspecified atom stereocenters. The van der Waals surface area contributed by atoms with Gasteiger partial charge in [-0.05, 0) is 42.2 Å². The molecule has 2 rings (SSSR count). The Kier molecular flexibility index (Phi) is 3.28. The van der Waals surface area contributed by atoms with Crippen LogP contribution in [0.4, 0.5) is 8.78 Å². The molecule has 0 fully saturated rings. The Labute approximate surface area is 105 Å². The lowest BCUT2D eigenvalue weighted by molar-refractivity contribution is 0.406. The van der Waals surface area contributed by atoms with Crippen molar-refractivity contribution in [1.82, 2.24) is 4.90 Å². The van der Waals surface area contributed by atoms with E-state index in [1.54, 1.807) is 6.07 Å². The van der Waals surface area contributed by atoms with Crippen LogP contribution in [0.2, 0.25) is 0 Å². The summed E-state index contributed by atoms with van der Waals surface area (Å²) in [5.74, 6) is -1.58. The number of halogens is 3. The SMILES string of the molecule is CN(C)Cc1cc2c(F)c(F)cc(Br)c2s1. The monoisotopic (exact) mass is 305 g/mol. The van der Waals surface area contributed by atoms with E-state index in [1.165, 1.54) is 17.4 Å². The first-order valence-corrected chi connectivity index (χ1v) is 6.30. The molecule has 0 saturated heterocycles. The van der Waals surface area contributed by atoms with Crippen LogP contribution in [0.3, 0.4) is 0 Å². The molecule has 0 N–H and O–H groups in total. The molecule has 1 nitrogen and oxygen atoms in total. The summed E-state index contributed by atoms with van der Waals surface area (Å²) in [5, 5.41) is 0.355. The van der Waals surface area contributed by atoms with Gasteiger partial charge in [0.1, 0.15) is 0 Å². The molecule has 5 heteroatoms. The minimum Gasteiger partial charge on any atom is -0.304 e. The van der Waals surface area contributed by atoms with Crippen molar-refractivity contribution in [3.05, 3.63) is 33.1 Å². The van der Waals surface area contributed by atoms with Gasteiger partial charge in [-0.1, -0.05) is 0 Å². The average molecular weight is 306 g/mol. The van der Waals surface area contributed by atoms with E-state index in [0.717, 1.165) is 16.1 Å². The fraction of sp³-hybridized carbons (Fsp3) is 0.273. The van der Waals surface area contributed by atoms with E-state index >= 15 is 0 Å². The van der Waals surface area contributed by atoms with Gasteiger partial charge in [0.25, 0.3) is 0 Å². The van der Waals surface area contributed by atoms with Gasteiger partial charge in [0.05, 0.1) is 4.70 Å². The van der Waals surface area contributed by atoms with Crippen LogP contribution in [0.15, 0.2) is 16.6 Å². The molecule has 0 radical (unpaired) electrons. The number of benzene rings is 1. The third-order valence-corrected chi connectivity index (χ3v) is 4.21. The Morgan fingerprint density at radius 2 is 2.00 bits per heavy atom. The smallest absolute Gasteiger partial charge is 0.167 e. The Hall–Kier alpha value is -0.520. The molecule has 0 atom stereocenters. The van der Waals surface area contributed by atoms with Crippen LogP contribution < -0.4 is 0 Å². The maximum atomic E-state index is 13.5. The van der Waals surface area contributed by atoms with Crippen molar-refractivity contribution in [3.63, 3.8) is 0 Å². The molecule has 0 aliphatic heterocycles. The van der Waals surface area contributed by atoms with Crippen LogP contribution >= 0.6 is 27.3 Å². The third kappa shape index (κ3) is 2.12. The van der Waals surface area contributed by atoms with E-state index in [4.69, 9.17) is 0 Å². The molecule has 0 aliphatic rings.